The monoisotopic (exact) mass is 183 g/mol. The molecular weight excluding hydrogens is 170 g/mol. The van der Waals surface area contributed by atoms with E-state index in [-0.39, 0.29) is 5.41 Å². The van der Waals surface area contributed by atoms with Crippen LogP contribution in [-0.2, 0) is 5.41 Å². The van der Waals surface area contributed by atoms with Gasteiger partial charge in [-0.15, -0.1) is 0 Å². The van der Waals surface area contributed by atoms with Crippen LogP contribution in [0.5, 0.6) is 0 Å². The Labute approximate surface area is 85.4 Å². The van der Waals surface area contributed by atoms with Crippen molar-refractivity contribution < 1.29 is 0 Å². The Kier molecular flexibility index (Phi) is 2.95. The maximum Gasteiger partial charge on any atom is 0.152 e. The SMILES string of the molecule is CC(C)(C)c1ccc(C#CC#N)cc1. The molecule has 0 spiro atoms. The predicted octanol–water partition coefficient (Wildman–Crippen LogP) is 2.86. The zero-order valence-corrected chi connectivity index (χ0v) is 8.76. The summed E-state index contributed by atoms with van der Waals surface area (Å²) in [5, 5.41) is 8.29. The lowest BCUT2D eigenvalue weighted by atomic mass is 9.87. The van der Waals surface area contributed by atoms with Crippen LogP contribution in [0.4, 0.5) is 0 Å². The summed E-state index contributed by atoms with van der Waals surface area (Å²) in [5.74, 6) is 5.14. The summed E-state index contributed by atoms with van der Waals surface area (Å²) >= 11 is 0. The molecule has 1 aromatic rings. The molecule has 0 heterocycles. The van der Waals surface area contributed by atoms with Crippen molar-refractivity contribution >= 4 is 0 Å². The van der Waals surface area contributed by atoms with Gasteiger partial charge in [0.2, 0.25) is 0 Å². The fourth-order valence-corrected chi connectivity index (χ4v) is 1.15. The molecule has 1 rings (SSSR count). The highest BCUT2D eigenvalue weighted by atomic mass is 14.2. The van der Waals surface area contributed by atoms with E-state index >= 15 is 0 Å². The van der Waals surface area contributed by atoms with Gasteiger partial charge in [0.25, 0.3) is 0 Å². The Morgan fingerprint density at radius 2 is 1.64 bits per heavy atom. The topological polar surface area (TPSA) is 23.8 Å². The fraction of sp³-hybridized carbons (Fsp3) is 0.308. The van der Waals surface area contributed by atoms with Crippen molar-refractivity contribution in [1.82, 2.24) is 0 Å². The van der Waals surface area contributed by atoms with E-state index in [1.54, 1.807) is 6.07 Å². The van der Waals surface area contributed by atoms with E-state index in [0.717, 1.165) is 5.56 Å². The lowest BCUT2D eigenvalue weighted by Crippen LogP contribution is -2.10. The molecule has 70 valence electrons. The Balaban J connectivity index is 2.96. The molecule has 0 radical (unpaired) electrons. The molecule has 0 atom stereocenters. The molecule has 0 unspecified atom stereocenters. The first-order chi connectivity index (χ1) is 6.54. The van der Waals surface area contributed by atoms with Gasteiger partial charge in [0, 0.05) is 11.5 Å². The Morgan fingerprint density at radius 3 is 2.07 bits per heavy atom. The molecule has 0 saturated carbocycles. The van der Waals surface area contributed by atoms with Crippen molar-refractivity contribution in [1.29, 1.82) is 5.26 Å². The Bertz CT molecular complexity index is 402. The summed E-state index contributed by atoms with van der Waals surface area (Å²) in [6, 6.07) is 9.81. The standard InChI is InChI=1S/C13H13N/c1-13(2,3)12-8-6-11(7-9-12)5-4-10-14/h6-9H,1-3H3. The summed E-state index contributed by atoms with van der Waals surface area (Å²) in [7, 11) is 0. The molecule has 0 N–H and O–H groups in total. The number of nitriles is 1. The first kappa shape index (κ1) is 10.4. The Morgan fingerprint density at radius 1 is 1.07 bits per heavy atom. The molecule has 1 nitrogen and oxygen atoms in total. The summed E-state index contributed by atoms with van der Waals surface area (Å²) in [6.45, 7) is 6.51. The molecule has 0 aliphatic rings. The lowest BCUT2D eigenvalue weighted by molar-refractivity contribution is 0.590. The maximum absolute atomic E-state index is 8.29. The van der Waals surface area contributed by atoms with Crippen molar-refractivity contribution in [2.45, 2.75) is 26.2 Å². The Hall–Kier alpha value is -1.73. The van der Waals surface area contributed by atoms with Gasteiger partial charge in [-0.3, -0.25) is 0 Å². The molecule has 1 aromatic carbocycles. The van der Waals surface area contributed by atoms with Gasteiger partial charge in [-0.05, 0) is 23.1 Å². The van der Waals surface area contributed by atoms with E-state index in [4.69, 9.17) is 5.26 Å². The minimum absolute atomic E-state index is 0.168. The van der Waals surface area contributed by atoms with Crippen molar-refractivity contribution in [2.24, 2.45) is 0 Å². The molecule has 0 aliphatic heterocycles. The molecular formula is C13H13N. The van der Waals surface area contributed by atoms with Crippen molar-refractivity contribution in [2.75, 3.05) is 0 Å². The van der Waals surface area contributed by atoms with E-state index in [2.05, 4.69) is 44.7 Å². The van der Waals surface area contributed by atoms with Gasteiger partial charge in [0.15, 0.2) is 6.07 Å². The average Bonchev–Trinajstić information content (AvgIpc) is 2.14. The second kappa shape index (κ2) is 3.99. The third kappa shape index (κ3) is 2.64. The van der Waals surface area contributed by atoms with Crippen molar-refractivity contribution in [3.8, 4) is 17.9 Å². The van der Waals surface area contributed by atoms with E-state index in [0.29, 0.717) is 0 Å². The van der Waals surface area contributed by atoms with Gasteiger partial charge >= 0.3 is 0 Å². The molecule has 14 heavy (non-hydrogen) atoms. The first-order valence-electron chi connectivity index (χ1n) is 4.54. The van der Waals surface area contributed by atoms with E-state index in [1.165, 1.54) is 5.56 Å². The van der Waals surface area contributed by atoms with Crippen molar-refractivity contribution in [3.05, 3.63) is 35.4 Å². The smallest absolute Gasteiger partial charge is 0.152 e. The number of nitrogens with zero attached hydrogens (tertiary/aromatic N) is 1. The number of benzene rings is 1. The van der Waals surface area contributed by atoms with Crippen LogP contribution in [0.15, 0.2) is 24.3 Å². The zero-order valence-electron chi connectivity index (χ0n) is 8.76. The number of hydrogen-bond donors (Lipinski definition) is 0. The predicted molar refractivity (Wildman–Crippen MR) is 57.6 cm³/mol. The van der Waals surface area contributed by atoms with Gasteiger partial charge in [0.1, 0.15) is 0 Å². The highest BCUT2D eigenvalue weighted by Gasteiger charge is 2.12. The van der Waals surface area contributed by atoms with Crippen LogP contribution in [0.3, 0.4) is 0 Å². The fourth-order valence-electron chi connectivity index (χ4n) is 1.15. The van der Waals surface area contributed by atoms with Crippen LogP contribution in [0, 0.1) is 23.2 Å². The highest BCUT2D eigenvalue weighted by molar-refractivity contribution is 5.40. The van der Waals surface area contributed by atoms with Crippen LogP contribution >= 0.6 is 0 Å². The largest absolute Gasteiger partial charge is 0.183 e. The van der Waals surface area contributed by atoms with Gasteiger partial charge in [-0.25, -0.2) is 0 Å². The third-order valence-electron chi connectivity index (χ3n) is 2.01. The average molecular weight is 183 g/mol. The summed E-state index contributed by atoms with van der Waals surface area (Å²) < 4.78 is 0. The van der Waals surface area contributed by atoms with Crippen LogP contribution in [0.25, 0.3) is 0 Å². The van der Waals surface area contributed by atoms with Gasteiger partial charge in [0.05, 0.1) is 0 Å². The van der Waals surface area contributed by atoms with E-state index in [9.17, 15) is 0 Å². The summed E-state index contributed by atoms with van der Waals surface area (Å²) in [6.07, 6.45) is 0. The van der Waals surface area contributed by atoms with Gasteiger partial charge in [-0.2, -0.15) is 5.26 Å². The van der Waals surface area contributed by atoms with E-state index < -0.39 is 0 Å². The van der Waals surface area contributed by atoms with Crippen LogP contribution in [0.2, 0.25) is 0 Å². The molecule has 0 amide bonds. The third-order valence-corrected chi connectivity index (χ3v) is 2.01. The minimum Gasteiger partial charge on any atom is -0.183 e. The minimum atomic E-state index is 0.168. The lowest BCUT2D eigenvalue weighted by Gasteiger charge is -2.18. The molecule has 1 heteroatoms. The van der Waals surface area contributed by atoms with Crippen LogP contribution in [-0.4, -0.2) is 0 Å². The van der Waals surface area contributed by atoms with E-state index in [1.807, 2.05) is 12.1 Å². The molecule has 0 saturated heterocycles. The van der Waals surface area contributed by atoms with Crippen LogP contribution in [0.1, 0.15) is 31.9 Å². The van der Waals surface area contributed by atoms with Crippen molar-refractivity contribution in [3.63, 3.8) is 0 Å². The van der Waals surface area contributed by atoms with Gasteiger partial charge in [-0.1, -0.05) is 38.8 Å². The molecule has 0 fully saturated rings. The summed E-state index contributed by atoms with van der Waals surface area (Å²) in [5.41, 5.74) is 2.33. The number of rotatable bonds is 0. The zero-order chi connectivity index (χ0) is 10.6. The highest BCUT2D eigenvalue weighted by Crippen LogP contribution is 2.21. The molecule has 0 aromatic heterocycles. The quantitative estimate of drug-likeness (QED) is 0.567. The van der Waals surface area contributed by atoms with Crippen LogP contribution < -0.4 is 0 Å². The number of hydrogen-bond acceptors (Lipinski definition) is 1. The molecule has 0 aliphatic carbocycles. The second-order valence-electron chi connectivity index (χ2n) is 4.19. The second-order valence-corrected chi connectivity index (χ2v) is 4.19. The maximum atomic E-state index is 8.29. The molecule has 0 bridgehead atoms. The summed E-state index contributed by atoms with van der Waals surface area (Å²) in [4.78, 5) is 0. The first-order valence-corrected chi connectivity index (χ1v) is 4.54. The van der Waals surface area contributed by atoms with Gasteiger partial charge < -0.3 is 0 Å². The normalized spacial score (nSPS) is 9.86.